The lowest BCUT2D eigenvalue weighted by atomic mass is 9.78. The predicted octanol–water partition coefficient (Wildman–Crippen LogP) is 7.31. The maximum absolute atomic E-state index is 12.5. The van der Waals surface area contributed by atoms with E-state index >= 15 is 0 Å². The van der Waals surface area contributed by atoms with Crippen molar-refractivity contribution in [2.45, 2.75) is 77.6 Å². The van der Waals surface area contributed by atoms with Gasteiger partial charge in [0.15, 0.2) is 0 Å². The highest BCUT2D eigenvalue weighted by Gasteiger charge is 2.23. The fraction of sp³-hybridized carbons (Fsp3) is 0.448. The Balaban J connectivity index is 1.83. The van der Waals surface area contributed by atoms with Crippen LogP contribution in [0.3, 0.4) is 0 Å². The summed E-state index contributed by atoms with van der Waals surface area (Å²) in [7, 11) is 0. The van der Waals surface area contributed by atoms with Gasteiger partial charge in [0.1, 0.15) is 16.9 Å². The second kappa shape index (κ2) is 12.4. The molecule has 0 bridgehead atoms. The van der Waals surface area contributed by atoms with Gasteiger partial charge in [-0.3, -0.25) is 0 Å². The van der Waals surface area contributed by atoms with Crippen LogP contribution >= 0.6 is 0 Å². The van der Waals surface area contributed by atoms with E-state index in [9.17, 15) is 14.7 Å². The van der Waals surface area contributed by atoms with E-state index in [1.54, 1.807) is 24.3 Å². The lowest BCUT2D eigenvalue weighted by molar-refractivity contribution is 0.0493. The van der Waals surface area contributed by atoms with Crippen LogP contribution in [0.5, 0.6) is 5.75 Å². The number of carbonyl (C=O) groups is 1. The number of fused-ring (bicyclic) bond motifs is 1. The summed E-state index contributed by atoms with van der Waals surface area (Å²) >= 11 is 0. The molecule has 1 heterocycles. The third kappa shape index (κ3) is 6.28. The predicted molar refractivity (Wildman–Crippen MR) is 136 cm³/mol. The smallest absolute Gasteiger partial charge is 0.351 e. The largest absolute Gasteiger partial charge is 0.508 e. The minimum absolute atomic E-state index is 0.0585. The van der Waals surface area contributed by atoms with Crippen LogP contribution < -0.4 is 5.63 Å². The summed E-state index contributed by atoms with van der Waals surface area (Å²) in [5.41, 5.74) is 2.03. The summed E-state index contributed by atoms with van der Waals surface area (Å²) in [6.45, 7) is 6.79. The number of phenolic OH excluding ortho intramolecular Hbond substituents is 1. The molecule has 0 aliphatic rings. The highest BCUT2D eigenvalue weighted by Crippen LogP contribution is 2.39. The minimum Gasteiger partial charge on any atom is -0.508 e. The standard InChI is InChI=1S/C29H36O5/c1-4-7-8-9-10-17-33-28(31)26-19-22-18-21(13-16-27(22)34-29(26)32)25(6-3)24(5-2)20-11-14-23(30)15-12-20/h11-16,18-19,24-25,30H,4-10,17H2,1-3H3. The van der Waals surface area contributed by atoms with Crippen molar-refractivity contribution in [2.75, 3.05) is 6.61 Å². The van der Waals surface area contributed by atoms with Gasteiger partial charge in [0.2, 0.25) is 0 Å². The molecule has 5 heteroatoms. The second-order valence-electron chi connectivity index (χ2n) is 8.92. The molecule has 3 aromatic rings. The van der Waals surface area contributed by atoms with Gasteiger partial charge >= 0.3 is 11.6 Å². The molecule has 1 N–H and O–H groups in total. The Morgan fingerprint density at radius 2 is 1.53 bits per heavy atom. The van der Waals surface area contributed by atoms with Crippen LogP contribution in [0.1, 0.15) is 99.0 Å². The number of aromatic hydroxyl groups is 1. The average molecular weight is 465 g/mol. The Hall–Kier alpha value is -3.08. The molecule has 1 aromatic heterocycles. The monoisotopic (exact) mass is 464 g/mol. The fourth-order valence-corrected chi connectivity index (χ4v) is 4.69. The normalized spacial score (nSPS) is 13.0. The van der Waals surface area contributed by atoms with E-state index in [2.05, 4.69) is 20.8 Å². The Bertz CT molecular complexity index is 1130. The van der Waals surface area contributed by atoms with Gasteiger partial charge in [-0.1, -0.05) is 64.7 Å². The third-order valence-corrected chi connectivity index (χ3v) is 6.57. The van der Waals surface area contributed by atoms with E-state index in [0.717, 1.165) is 44.1 Å². The summed E-state index contributed by atoms with van der Waals surface area (Å²) < 4.78 is 10.8. The molecular formula is C29H36O5. The summed E-state index contributed by atoms with van der Waals surface area (Å²) in [6.07, 6.45) is 7.13. The fourth-order valence-electron chi connectivity index (χ4n) is 4.69. The number of hydrogen-bond acceptors (Lipinski definition) is 5. The first-order valence-electron chi connectivity index (χ1n) is 12.5. The lowest BCUT2D eigenvalue weighted by Crippen LogP contribution is -2.17. The lowest BCUT2D eigenvalue weighted by Gasteiger charge is -2.26. The second-order valence-corrected chi connectivity index (χ2v) is 8.92. The molecule has 2 unspecified atom stereocenters. The molecule has 5 nitrogen and oxygen atoms in total. The van der Waals surface area contributed by atoms with Crippen LogP contribution in [0.4, 0.5) is 0 Å². The highest BCUT2D eigenvalue weighted by molar-refractivity contribution is 5.93. The molecule has 0 saturated heterocycles. The maximum Gasteiger partial charge on any atom is 0.351 e. The Morgan fingerprint density at radius 3 is 2.21 bits per heavy atom. The number of hydrogen-bond donors (Lipinski definition) is 1. The first-order valence-corrected chi connectivity index (χ1v) is 12.5. The van der Waals surface area contributed by atoms with Gasteiger partial charge in [-0.05, 0) is 72.6 Å². The number of carbonyl (C=O) groups excluding carboxylic acids is 1. The van der Waals surface area contributed by atoms with Crippen LogP contribution in [0.25, 0.3) is 11.0 Å². The topological polar surface area (TPSA) is 76.7 Å². The highest BCUT2D eigenvalue weighted by atomic mass is 16.5. The summed E-state index contributed by atoms with van der Waals surface area (Å²) in [5, 5.41) is 10.4. The molecule has 0 fully saturated rings. The Labute approximate surface area is 201 Å². The van der Waals surface area contributed by atoms with Gasteiger partial charge in [-0.25, -0.2) is 9.59 Å². The Morgan fingerprint density at radius 1 is 0.882 bits per heavy atom. The van der Waals surface area contributed by atoms with Crippen molar-refractivity contribution in [1.82, 2.24) is 0 Å². The summed E-state index contributed by atoms with van der Waals surface area (Å²) in [5.74, 6) is 0.146. The van der Waals surface area contributed by atoms with Crippen LogP contribution in [-0.2, 0) is 4.74 Å². The van der Waals surface area contributed by atoms with Gasteiger partial charge in [-0.15, -0.1) is 0 Å². The summed E-state index contributed by atoms with van der Waals surface area (Å²) in [6, 6.07) is 14.8. The van der Waals surface area contributed by atoms with E-state index in [0.29, 0.717) is 17.6 Å². The molecule has 0 radical (unpaired) electrons. The van der Waals surface area contributed by atoms with Crippen LogP contribution in [0, 0.1) is 0 Å². The van der Waals surface area contributed by atoms with E-state index in [-0.39, 0.29) is 23.1 Å². The van der Waals surface area contributed by atoms with Crippen molar-refractivity contribution < 1.29 is 19.1 Å². The molecular weight excluding hydrogens is 428 g/mol. The van der Waals surface area contributed by atoms with Gasteiger partial charge in [0.05, 0.1) is 6.61 Å². The number of rotatable bonds is 12. The maximum atomic E-state index is 12.5. The third-order valence-electron chi connectivity index (χ3n) is 6.57. The van der Waals surface area contributed by atoms with Gasteiger partial charge in [-0.2, -0.15) is 0 Å². The number of benzene rings is 2. The van der Waals surface area contributed by atoms with E-state index in [4.69, 9.17) is 9.15 Å². The van der Waals surface area contributed by atoms with Gasteiger partial charge in [0, 0.05) is 5.39 Å². The van der Waals surface area contributed by atoms with Crippen molar-refractivity contribution in [2.24, 2.45) is 0 Å². The number of esters is 1. The average Bonchev–Trinajstić information content (AvgIpc) is 2.84. The van der Waals surface area contributed by atoms with Crippen molar-refractivity contribution in [3.63, 3.8) is 0 Å². The van der Waals surface area contributed by atoms with Crippen LogP contribution in [0.2, 0.25) is 0 Å². The van der Waals surface area contributed by atoms with Gasteiger partial charge in [0.25, 0.3) is 0 Å². The minimum atomic E-state index is -0.668. The van der Waals surface area contributed by atoms with E-state index in [1.165, 1.54) is 12.0 Å². The first kappa shape index (κ1) is 25.5. The molecule has 0 amide bonds. The Kier molecular flexibility index (Phi) is 9.32. The number of unbranched alkanes of at least 4 members (excludes halogenated alkanes) is 4. The molecule has 0 aliphatic carbocycles. The first-order chi connectivity index (χ1) is 16.5. The van der Waals surface area contributed by atoms with Crippen molar-refractivity contribution >= 4 is 16.9 Å². The van der Waals surface area contributed by atoms with E-state index in [1.807, 2.05) is 24.3 Å². The van der Waals surface area contributed by atoms with Crippen molar-refractivity contribution in [3.8, 4) is 5.75 Å². The molecule has 34 heavy (non-hydrogen) atoms. The number of phenols is 1. The molecule has 2 aromatic carbocycles. The quantitative estimate of drug-likeness (QED) is 0.173. The van der Waals surface area contributed by atoms with Crippen LogP contribution in [0.15, 0.2) is 57.7 Å². The molecule has 182 valence electrons. The van der Waals surface area contributed by atoms with Crippen LogP contribution in [-0.4, -0.2) is 17.7 Å². The van der Waals surface area contributed by atoms with E-state index < -0.39 is 11.6 Å². The molecule has 2 atom stereocenters. The van der Waals surface area contributed by atoms with Crippen molar-refractivity contribution in [1.29, 1.82) is 0 Å². The molecule has 0 saturated carbocycles. The zero-order valence-electron chi connectivity index (χ0n) is 20.5. The molecule has 3 rings (SSSR count). The number of ether oxygens (including phenoxy) is 1. The SMILES string of the molecule is CCCCCCCOC(=O)c1cc2cc(C(CC)C(CC)c3ccc(O)cc3)ccc2oc1=O. The molecule has 0 spiro atoms. The zero-order chi connectivity index (χ0) is 24.5. The van der Waals surface area contributed by atoms with Crippen molar-refractivity contribution in [3.05, 3.63) is 75.6 Å². The molecule has 0 aliphatic heterocycles. The zero-order valence-corrected chi connectivity index (χ0v) is 20.5. The van der Waals surface area contributed by atoms with Gasteiger partial charge < -0.3 is 14.3 Å². The summed E-state index contributed by atoms with van der Waals surface area (Å²) in [4.78, 5) is 24.9.